The van der Waals surface area contributed by atoms with Gasteiger partial charge in [0.15, 0.2) is 0 Å². The maximum atomic E-state index is 2.19. The minimum atomic E-state index is 1.01. The summed E-state index contributed by atoms with van der Waals surface area (Å²) in [6.45, 7) is 0. The molecule has 0 aromatic carbocycles. The highest BCUT2D eigenvalue weighted by Crippen LogP contribution is 1.97. The van der Waals surface area contributed by atoms with E-state index in [4.69, 9.17) is 0 Å². The van der Waals surface area contributed by atoms with Crippen molar-refractivity contribution in [3.05, 3.63) is 67.2 Å². The average Bonchev–Trinajstić information content (AvgIpc) is 2.22. The minimum Gasteiger partial charge on any atom is -0.0876 e. The molecule has 1 rings (SSSR count). The Labute approximate surface area is 87.0 Å². The highest BCUT2D eigenvalue weighted by atomic mass is 13.8. The van der Waals surface area contributed by atoms with Gasteiger partial charge in [-0.25, -0.2) is 0 Å². The van der Waals surface area contributed by atoms with Gasteiger partial charge in [-0.2, -0.15) is 0 Å². The van der Waals surface area contributed by atoms with Gasteiger partial charge < -0.3 is 0 Å². The van der Waals surface area contributed by atoms with Gasteiger partial charge in [-0.15, -0.1) is 0 Å². The molecule has 0 spiro atoms. The van der Waals surface area contributed by atoms with Crippen molar-refractivity contribution in [1.29, 1.82) is 0 Å². The van der Waals surface area contributed by atoms with Gasteiger partial charge in [-0.1, -0.05) is 60.8 Å². The first-order chi connectivity index (χ1) is 7.00. The first-order valence-electron chi connectivity index (χ1n) is 5.12. The van der Waals surface area contributed by atoms with Crippen LogP contribution in [0.15, 0.2) is 60.8 Å². The molecule has 0 heteroatoms. The van der Waals surface area contributed by atoms with Crippen molar-refractivity contribution in [2.24, 2.45) is 0 Å². The Morgan fingerprint density at radius 3 is 1.79 bits per heavy atom. The molecule has 1 radical (unpaired) electrons. The first kappa shape index (κ1) is 10.8. The van der Waals surface area contributed by atoms with Crippen molar-refractivity contribution in [2.45, 2.75) is 19.3 Å². The van der Waals surface area contributed by atoms with Gasteiger partial charge in [-0.05, 0) is 25.7 Å². The quantitative estimate of drug-likeness (QED) is 0.497. The normalized spacial score (nSPS) is 18.3. The molecule has 0 saturated carbocycles. The molecule has 0 aliphatic heterocycles. The van der Waals surface area contributed by atoms with Crippen molar-refractivity contribution < 1.29 is 0 Å². The van der Waals surface area contributed by atoms with Crippen LogP contribution in [-0.4, -0.2) is 0 Å². The van der Waals surface area contributed by atoms with Crippen molar-refractivity contribution >= 4 is 0 Å². The van der Waals surface area contributed by atoms with Crippen LogP contribution in [0.1, 0.15) is 19.3 Å². The van der Waals surface area contributed by atoms with Crippen LogP contribution in [0.25, 0.3) is 0 Å². The standard InChI is InChI=1S/C14H17/c1-2-4-6-8-10-12-14-13-11-9-7-5-3-1/h1-6,9-13H,7-8,14H2. The SMILES string of the molecule is [CH]1C=CCC=CC=CC=CCC=CC1. The molecular weight excluding hydrogens is 168 g/mol. The van der Waals surface area contributed by atoms with E-state index in [-0.39, 0.29) is 0 Å². The highest BCUT2D eigenvalue weighted by molar-refractivity contribution is 5.13. The van der Waals surface area contributed by atoms with Crippen LogP contribution in [0.3, 0.4) is 0 Å². The Bertz CT molecular complexity index is 234. The third kappa shape index (κ3) is 6.24. The smallest absolute Gasteiger partial charge is 0.0133 e. The second kappa shape index (κ2) is 8.31. The lowest BCUT2D eigenvalue weighted by atomic mass is 10.2. The average molecular weight is 185 g/mol. The predicted octanol–water partition coefficient (Wildman–Crippen LogP) is 4.16. The lowest BCUT2D eigenvalue weighted by Crippen LogP contribution is -1.68. The van der Waals surface area contributed by atoms with E-state index in [0.717, 1.165) is 19.3 Å². The molecule has 0 bridgehead atoms. The molecule has 0 aromatic rings. The number of hydrogen-bond acceptors (Lipinski definition) is 0. The van der Waals surface area contributed by atoms with Crippen LogP contribution in [0.4, 0.5) is 0 Å². The second-order valence-corrected chi connectivity index (χ2v) is 3.08. The van der Waals surface area contributed by atoms with Crippen LogP contribution < -0.4 is 0 Å². The maximum absolute atomic E-state index is 2.19. The fourth-order valence-corrected chi connectivity index (χ4v) is 1.12. The van der Waals surface area contributed by atoms with Crippen LogP contribution in [-0.2, 0) is 0 Å². The summed E-state index contributed by atoms with van der Waals surface area (Å²) in [5, 5.41) is 0. The summed E-state index contributed by atoms with van der Waals surface area (Å²) in [7, 11) is 0. The molecule has 73 valence electrons. The van der Waals surface area contributed by atoms with Gasteiger partial charge in [-0.3, -0.25) is 0 Å². The molecular formula is C14H17. The third-order valence-corrected chi connectivity index (χ3v) is 1.86. The van der Waals surface area contributed by atoms with E-state index in [1.165, 1.54) is 0 Å². The van der Waals surface area contributed by atoms with Gasteiger partial charge in [0.05, 0.1) is 0 Å². The molecule has 0 amide bonds. The van der Waals surface area contributed by atoms with Gasteiger partial charge >= 0.3 is 0 Å². The largest absolute Gasteiger partial charge is 0.0876 e. The van der Waals surface area contributed by atoms with Crippen molar-refractivity contribution in [2.75, 3.05) is 0 Å². The maximum Gasteiger partial charge on any atom is -0.0133 e. The van der Waals surface area contributed by atoms with Gasteiger partial charge in [0.25, 0.3) is 0 Å². The lowest BCUT2D eigenvalue weighted by molar-refractivity contribution is 1.24. The van der Waals surface area contributed by atoms with Gasteiger partial charge in [0.1, 0.15) is 0 Å². The highest BCUT2D eigenvalue weighted by Gasteiger charge is 1.77. The third-order valence-electron chi connectivity index (χ3n) is 1.86. The summed E-state index contributed by atoms with van der Waals surface area (Å²) >= 11 is 0. The van der Waals surface area contributed by atoms with Crippen LogP contribution in [0, 0.1) is 6.42 Å². The predicted molar refractivity (Wildman–Crippen MR) is 63.9 cm³/mol. The van der Waals surface area contributed by atoms with Crippen LogP contribution in [0.2, 0.25) is 0 Å². The lowest BCUT2D eigenvalue weighted by Gasteiger charge is -1.87. The molecule has 0 saturated heterocycles. The fraction of sp³-hybridized carbons (Fsp3) is 0.214. The Kier molecular flexibility index (Phi) is 6.39. The molecule has 0 fully saturated rings. The summed E-state index contributed by atoms with van der Waals surface area (Å²) in [4.78, 5) is 0. The minimum absolute atomic E-state index is 1.01. The van der Waals surface area contributed by atoms with Crippen molar-refractivity contribution in [3.63, 3.8) is 0 Å². The summed E-state index contributed by atoms with van der Waals surface area (Å²) in [6.07, 6.45) is 26.5. The number of allylic oxidation sites excluding steroid dienone is 10. The zero-order chi connectivity index (χ0) is 9.90. The van der Waals surface area contributed by atoms with E-state index in [9.17, 15) is 0 Å². The molecule has 1 aliphatic carbocycles. The Hall–Kier alpha value is -1.30. The Morgan fingerprint density at radius 1 is 0.429 bits per heavy atom. The van der Waals surface area contributed by atoms with E-state index in [1.54, 1.807) is 0 Å². The summed E-state index contributed by atoms with van der Waals surface area (Å²) < 4.78 is 0. The van der Waals surface area contributed by atoms with Crippen molar-refractivity contribution in [1.82, 2.24) is 0 Å². The van der Waals surface area contributed by atoms with Crippen molar-refractivity contribution in [3.8, 4) is 0 Å². The second-order valence-electron chi connectivity index (χ2n) is 3.08. The van der Waals surface area contributed by atoms with E-state index in [0.29, 0.717) is 0 Å². The molecule has 14 heavy (non-hydrogen) atoms. The summed E-state index contributed by atoms with van der Waals surface area (Å²) in [6, 6.07) is 0. The topological polar surface area (TPSA) is 0 Å². The van der Waals surface area contributed by atoms with Gasteiger partial charge in [0, 0.05) is 0 Å². The first-order valence-corrected chi connectivity index (χ1v) is 5.12. The Balaban J connectivity index is 2.45. The van der Waals surface area contributed by atoms with Crippen LogP contribution in [0.5, 0.6) is 0 Å². The van der Waals surface area contributed by atoms with E-state index in [1.807, 2.05) is 0 Å². The fourth-order valence-electron chi connectivity index (χ4n) is 1.12. The molecule has 0 unspecified atom stereocenters. The number of rotatable bonds is 0. The molecule has 0 heterocycles. The number of hydrogen-bond donors (Lipinski definition) is 0. The summed E-state index contributed by atoms with van der Waals surface area (Å²) in [5.41, 5.74) is 0. The molecule has 0 atom stereocenters. The zero-order valence-corrected chi connectivity index (χ0v) is 8.47. The molecule has 0 N–H and O–H groups in total. The molecule has 0 nitrogen and oxygen atoms in total. The Morgan fingerprint density at radius 2 is 1.00 bits per heavy atom. The van der Waals surface area contributed by atoms with Gasteiger partial charge in [0.2, 0.25) is 0 Å². The summed E-state index contributed by atoms with van der Waals surface area (Å²) in [5.74, 6) is 0. The van der Waals surface area contributed by atoms with Crippen LogP contribution >= 0.6 is 0 Å². The zero-order valence-electron chi connectivity index (χ0n) is 8.47. The monoisotopic (exact) mass is 185 g/mol. The van der Waals surface area contributed by atoms with E-state index >= 15 is 0 Å². The van der Waals surface area contributed by atoms with E-state index in [2.05, 4.69) is 67.2 Å². The molecule has 1 aliphatic rings. The molecule has 0 aromatic heterocycles. The van der Waals surface area contributed by atoms with E-state index < -0.39 is 0 Å².